The van der Waals surface area contributed by atoms with Crippen molar-refractivity contribution in [3.63, 3.8) is 0 Å². The SMILES string of the molecule is CN[C@H]1CCN([C@@H](Cc2ccccc2C(F)(F)F)C(=O)N2CCC(N3C(=O)C(C)(C)c4ccccc43)CC2)C1. The van der Waals surface area contributed by atoms with Gasteiger partial charge in [-0.15, -0.1) is 0 Å². The summed E-state index contributed by atoms with van der Waals surface area (Å²) in [6.07, 6.45) is -2.36. The minimum Gasteiger partial charge on any atom is -0.341 e. The van der Waals surface area contributed by atoms with Gasteiger partial charge >= 0.3 is 6.18 Å². The summed E-state index contributed by atoms with van der Waals surface area (Å²) in [6.45, 7) is 6.11. The molecule has 5 rings (SSSR count). The van der Waals surface area contributed by atoms with Gasteiger partial charge in [-0.05, 0) is 69.8 Å². The van der Waals surface area contributed by atoms with Crippen LogP contribution in [0.3, 0.4) is 0 Å². The Kier molecular flexibility index (Phi) is 7.50. The zero-order valence-corrected chi connectivity index (χ0v) is 22.8. The van der Waals surface area contributed by atoms with E-state index in [9.17, 15) is 22.8 Å². The lowest BCUT2D eigenvalue weighted by molar-refractivity contribution is -0.141. The average molecular weight is 543 g/mol. The first-order valence-electron chi connectivity index (χ1n) is 13.8. The predicted octanol–water partition coefficient (Wildman–Crippen LogP) is 4.23. The number of anilines is 1. The summed E-state index contributed by atoms with van der Waals surface area (Å²) in [5.41, 5.74) is 0.826. The van der Waals surface area contributed by atoms with Gasteiger partial charge in [0.2, 0.25) is 11.8 Å². The van der Waals surface area contributed by atoms with Gasteiger partial charge in [-0.3, -0.25) is 14.5 Å². The van der Waals surface area contributed by atoms with Gasteiger partial charge in [0.05, 0.1) is 17.0 Å². The first-order valence-corrected chi connectivity index (χ1v) is 13.8. The van der Waals surface area contributed by atoms with Crippen molar-refractivity contribution in [3.8, 4) is 0 Å². The molecule has 2 fully saturated rings. The number of amides is 2. The van der Waals surface area contributed by atoms with Gasteiger partial charge in [-0.2, -0.15) is 13.2 Å². The molecule has 6 nitrogen and oxygen atoms in total. The third-order valence-corrected chi connectivity index (χ3v) is 8.82. The molecule has 0 saturated carbocycles. The van der Waals surface area contributed by atoms with Crippen LogP contribution in [-0.2, 0) is 27.6 Å². The molecule has 0 radical (unpaired) electrons. The molecule has 3 aliphatic rings. The van der Waals surface area contributed by atoms with E-state index in [0.717, 1.165) is 23.7 Å². The number of hydrogen-bond acceptors (Lipinski definition) is 4. The predicted molar refractivity (Wildman–Crippen MR) is 145 cm³/mol. The Hall–Kier alpha value is -2.91. The minimum atomic E-state index is -4.48. The smallest absolute Gasteiger partial charge is 0.341 e. The average Bonchev–Trinajstić information content (AvgIpc) is 3.48. The normalized spacial score (nSPS) is 22.8. The highest BCUT2D eigenvalue weighted by Gasteiger charge is 2.47. The number of rotatable bonds is 6. The molecule has 0 bridgehead atoms. The number of fused-ring (bicyclic) bond motifs is 1. The zero-order chi connectivity index (χ0) is 27.9. The van der Waals surface area contributed by atoms with E-state index in [1.807, 2.05) is 55.0 Å². The first-order chi connectivity index (χ1) is 18.5. The second-order valence-corrected chi connectivity index (χ2v) is 11.5. The van der Waals surface area contributed by atoms with E-state index in [4.69, 9.17) is 0 Å². The van der Waals surface area contributed by atoms with Crippen LogP contribution in [0.1, 0.15) is 49.8 Å². The molecule has 2 amide bonds. The van der Waals surface area contributed by atoms with Gasteiger partial charge in [-0.25, -0.2) is 0 Å². The highest BCUT2D eigenvalue weighted by molar-refractivity contribution is 6.08. The van der Waals surface area contributed by atoms with Crippen LogP contribution in [0.2, 0.25) is 0 Å². The Labute approximate surface area is 228 Å². The van der Waals surface area contributed by atoms with Gasteiger partial charge in [-0.1, -0.05) is 36.4 Å². The minimum absolute atomic E-state index is 0.0110. The Morgan fingerprint density at radius 3 is 2.36 bits per heavy atom. The number of likely N-dealkylation sites (tertiary alicyclic amines) is 2. The van der Waals surface area contributed by atoms with E-state index in [2.05, 4.69) is 5.32 Å². The maximum absolute atomic E-state index is 13.9. The molecule has 9 heteroatoms. The van der Waals surface area contributed by atoms with Crippen molar-refractivity contribution in [1.29, 1.82) is 0 Å². The standard InChI is InChI=1S/C30H37F3N4O2/c1-29(2)24-10-6-7-11-25(24)37(28(29)39)22-13-16-35(17-14-22)27(38)26(36-15-12-21(19-36)34-3)18-20-8-4-5-9-23(20)30(31,32)33/h4-11,21-22,26,34H,12-19H2,1-3H3/t21-,26-/m0/s1. The monoisotopic (exact) mass is 542 g/mol. The van der Waals surface area contributed by atoms with Crippen LogP contribution in [-0.4, -0.2) is 73.0 Å². The van der Waals surface area contributed by atoms with Crippen molar-refractivity contribution >= 4 is 17.5 Å². The molecule has 2 saturated heterocycles. The van der Waals surface area contributed by atoms with Crippen LogP contribution in [0.15, 0.2) is 48.5 Å². The Morgan fingerprint density at radius 1 is 1.03 bits per heavy atom. The number of likely N-dealkylation sites (N-methyl/N-ethyl adjacent to an activating group) is 1. The number of carbonyl (C=O) groups excluding carboxylic acids is 2. The van der Waals surface area contributed by atoms with Gasteiger partial charge < -0.3 is 15.1 Å². The van der Waals surface area contributed by atoms with E-state index in [1.54, 1.807) is 11.0 Å². The second-order valence-electron chi connectivity index (χ2n) is 11.5. The molecule has 2 atom stereocenters. The fourth-order valence-electron chi connectivity index (χ4n) is 6.52. The van der Waals surface area contributed by atoms with Crippen LogP contribution in [0.5, 0.6) is 0 Å². The number of nitrogens with one attached hydrogen (secondary N) is 1. The topological polar surface area (TPSA) is 55.9 Å². The lowest BCUT2D eigenvalue weighted by Crippen LogP contribution is -2.54. The van der Waals surface area contributed by atoms with Crippen LogP contribution >= 0.6 is 0 Å². The van der Waals surface area contributed by atoms with E-state index in [0.29, 0.717) is 39.0 Å². The van der Waals surface area contributed by atoms with Crippen molar-refractivity contribution in [1.82, 2.24) is 15.1 Å². The van der Waals surface area contributed by atoms with Gasteiger partial charge in [0, 0.05) is 44.0 Å². The number of halogens is 3. The third-order valence-electron chi connectivity index (χ3n) is 8.82. The van der Waals surface area contributed by atoms with E-state index in [1.165, 1.54) is 12.1 Å². The van der Waals surface area contributed by atoms with Crippen LogP contribution in [0, 0.1) is 0 Å². The number of alkyl halides is 3. The molecule has 2 aromatic rings. The molecular weight excluding hydrogens is 505 g/mol. The summed E-state index contributed by atoms with van der Waals surface area (Å²) in [5, 5.41) is 3.24. The second kappa shape index (κ2) is 10.6. The Morgan fingerprint density at radius 2 is 1.69 bits per heavy atom. The number of hydrogen-bond donors (Lipinski definition) is 1. The van der Waals surface area contributed by atoms with Crippen molar-refractivity contribution < 1.29 is 22.8 Å². The molecule has 39 heavy (non-hydrogen) atoms. The van der Waals surface area contributed by atoms with Crippen molar-refractivity contribution in [2.45, 2.75) is 69.2 Å². The van der Waals surface area contributed by atoms with Crippen molar-refractivity contribution in [2.75, 3.05) is 38.1 Å². The fraction of sp³-hybridized carbons (Fsp3) is 0.533. The summed E-state index contributed by atoms with van der Waals surface area (Å²) in [6, 6.07) is 13.0. The number of carbonyl (C=O) groups is 2. The quantitative estimate of drug-likeness (QED) is 0.594. The van der Waals surface area contributed by atoms with Crippen LogP contribution in [0.25, 0.3) is 0 Å². The highest BCUT2D eigenvalue weighted by atomic mass is 19.4. The van der Waals surface area contributed by atoms with Crippen LogP contribution < -0.4 is 10.2 Å². The molecular formula is C30H37F3N4O2. The molecule has 0 aliphatic carbocycles. The lowest BCUT2D eigenvalue weighted by Gasteiger charge is -2.40. The molecule has 3 aliphatic heterocycles. The molecule has 2 aromatic carbocycles. The van der Waals surface area contributed by atoms with E-state index >= 15 is 0 Å². The summed E-state index contributed by atoms with van der Waals surface area (Å²) in [7, 11) is 1.87. The summed E-state index contributed by atoms with van der Waals surface area (Å²) >= 11 is 0. The Balaban J connectivity index is 1.34. The largest absolute Gasteiger partial charge is 0.416 e. The molecule has 3 heterocycles. The molecule has 0 spiro atoms. The maximum Gasteiger partial charge on any atom is 0.416 e. The van der Waals surface area contributed by atoms with E-state index in [-0.39, 0.29) is 35.9 Å². The van der Waals surface area contributed by atoms with Crippen LogP contribution in [0.4, 0.5) is 18.9 Å². The Bertz CT molecular complexity index is 1220. The molecule has 210 valence electrons. The van der Waals surface area contributed by atoms with Crippen molar-refractivity contribution in [2.24, 2.45) is 0 Å². The first kappa shape index (κ1) is 27.6. The lowest BCUT2D eigenvalue weighted by atomic mass is 9.86. The fourth-order valence-corrected chi connectivity index (χ4v) is 6.52. The molecule has 1 N–H and O–H groups in total. The number of nitrogens with zero attached hydrogens (tertiary/aromatic N) is 3. The summed E-state index contributed by atoms with van der Waals surface area (Å²) < 4.78 is 41.3. The van der Waals surface area contributed by atoms with Gasteiger partial charge in [0.15, 0.2) is 0 Å². The number of benzene rings is 2. The zero-order valence-electron chi connectivity index (χ0n) is 22.8. The van der Waals surface area contributed by atoms with Crippen molar-refractivity contribution in [3.05, 3.63) is 65.2 Å². The maximum atomic E-state index is 13.9. The third kappa shape index (κ3) is 5.18. The summed E-state index contributed by atoms with van der Waals surface area (Å²) in [5.74, 6) is -0.0547. The summed E-state index contributed by atoms with van der Waals surface area (Å²) in [4.78, 5) is 33.1. The van der Waals surface area contributed by atoms with E-state index < -0.39 is 23.2 Å². The van der Waals surface area contributed by atoms with Gasteiger partial charge in [0.1, 0.15) is 0 Å². The number of piperidine rings is 1. The number of para-hydroxylation sites is 1. The molecule has 0 unspecified atom stereocenters. The van der Waals surface area contributed by atoms with Gasteiger partial charge in [0.25, 0.3) is 0 Å². The molecule has 0 aromatic heterocycles. The highest BCUT2D eigenvalue weighted by Crippen LogP contribution is 2.43.